The summed E-state index contributed by atoms with van der Waals surface area (Å²) in [6, 6.07) is 6.38. The maximum absolute atomic E-state index is 12.4. The minimum atomic E-state index is 0.148. The number of rotatable bonds is 3. The lowest BCUT2D eigenvalue weighted by atomic mass is 9.87. The van der Waals surface area contributed by atoms with Crippen molar-refractivity contribution in [1.29, 1.82) is 0 Å². The Labute approximate surface area is 133 Å². The smallest absolute Gasteiger partial charge is 0.239 e. The fourth-order valence-electron chi connectivity index (χ4n) is 3.74. The van der Waals surface area contributed by atoms with Gasteiger partial charge < -0.3 is 16.0 Å². The molecule has 4 nitrogen and oxygen atoms in total. The van der Waals surface area contributed by atoms with Crippen LogP contribution in [0.3, 0.4) is 0 Å². The Morgan fingerprint density at radius 2 is 2.09 bits per heavy atom. The van der Waals surface area contributed by atoms with Gasteiger partial charge in [0.05, 0.1) is 6.54 Å². The van der Waals surface area contributed by atoms with Crippen molar-refractivity contribution in [2.24, 2.45) is 5.92 Å². The molecule has 0 radical (unpaired) electrons. The van der Waals surface area contributed by atoms with Gasteiger partial charge in [-0.2, -0.15) is 0 Å². The Kier molecular flexibility index (Phi) is 4.55. The van der Waals surface area contributed by atoms with Crippen molar-refractivity contribution in [1.82, 2.24) is 5.32 Å². The van der Waals surface area contributed by atoms with E-state index in [9.17, 15) is 4.79 Å². The van der Waals surface area contributed by atoms with Crippen LogP contribution in [-0.2, 0) is 11.2 Å². The molecular formula is C18H27N3O. The van der Waals surface area contributed by atoms with E-state index < -0.39 is 0 Å². The fourth-order valence-corrected chi connectivity index (χ4v) is 3.74. The highest BCUT2D eigenvalue weighted by molar-refractivity contribution is 5.82. The summed E-state index contributed by atoms with van der Waals surface area (Å²) in [4.78, 5) is 14.5. The van der Waals surface area contributed by atoms with E-state index in [4.69, 9.17) is 5.73 Å². The summed E-state index contributed by atoms with van der Waals surface area (Å²) in [6.07, 6.45) is 6.78. The van der Waals surface area contributed by atoms with Gasteiger partial charge in [-0.1, -0.05) is 13.0 Å². The monoisotopic (exact) mass is 301 g/mol. The summed E-state index contributed by atoms with van der Waals surface area (Å²) in [6.45, 7) is 3.68. The zero-order chi connectivity index (χ0) is 15.5. The average molecular weight is 301 g/mol. The molecule has 22 heavy (non-hydrogen) atoms. The van der Waals surface area contributed by atoms with Crippen molar-refractivity contribution in [3.8, 4) is 0 Å². The second-order valence-corrected chi connectivity index (χ2v) is 6.89. The number of nitrogens with one attached hydrogen (secondary N) is 1. The molecule has 1 fully saturated rings. The van der Waals surface area contributed by atoms with Crippen molar-refractivity contribution < 1.29 is 4.79 Å². The van der Waals surface area contributed by atoms with Gasteiger partial charge in [0.15, 0.2) is 0 Å². The summed E-state index contributed by atoms with van der Waals surface area (Å²) in [7, 11) is 0. The molecule has 1 aliphatic carbocycles. The van der Waals surface area contributed by atoms with Crippen LogP contribution in [0.5, 0.6) is 0 Å². The molecular weight excluding hydrogens is 274 g/mol. The maximum atomic E-state index is 12.4. The fraction of sp³-hybridized carbons (Fsp3) is 0.611. The van der Waals surface area contributed by atoms with E-state index >= 15 is 0 Å². The van der Waals surface area contributed by atoms with Crippen molar-refractivity contribution in [2.45, 2.75) is 51.5 Å². The van der Waals surface area contributed by atoms with Gasteiger partial charge in [0.25, 0.3) is 0 Å². The molecule has 0 atom stereocenters. The van der Waals surface area contributed by atoms with Crippen LogP contribution in [0.4, 0.5) is 11.4 Å². The number of nitrogens with zero attached hydrogens (tertiary/aromatic N) is 1. The first kappa shape index (κ1) is 15.2. The molecule has 1 saturated carbocycles. The van der Waals surface area contributed by atoms with Crippen LogP contribution >= 0.6 is 0 Å². The average Bonchev–Trinajstić information content (AvgIpc) is 2.51. The van der Waals surface area contributed by atoms with Crippen molar-refractivity contribution in [3.05, 3.63) is 23.8 Å². The number of hydrogen-bond acceptors (Lipinski definition) is 3. The van der Waals surface area contributed by atoms with E-state index in [-0.39, 0.29) is 5.91 Å². The summed E-state index contributed by atoms with van der Waals surface area (Å²) < 4.78 is 0. The quantitative estimate of drug-likeness (QED) is 0.844. The molecule has 3 N–H and O–H groups in total. The van der Waals surface area contributed by atoms with E-state index in [1.165, 1.54) is 18.4 Å². The Morgan fingerprint density at radius 1 is 1.32 bits per heavy atom. The van der Waals surface area contributed by atoms with Crippen LogP contribution in [0.25, 0.3) is 0 Å². The number of nitrogen functional groups attached to an aromatic ring is 1. The van der Waals surface area contributed by atoms with Crippen LogP contribution < -0.4 is 16.0 Å². The van der Waals surface area contributed by atoms with Crippen molar-refractivity contribution >= 4 is 17.3 Å². The molecule has 2 aliphatic rings. The first-order chi connectivity index (χ1) is 10.6. The zero-order valence-corrected chi connectivity index (χ0v) is 13.5. The first-order valence-electron chi connectivity index (χ1n) is 8.55. The van der Waals surface area contributed by atoms with Crippen LogP contribution in [0.15, 0.2) is 18.2 Å². The van der Waals surface area contributed by atoms with Crippen molar-refractivity contribution in [3.63, 3.8) is 0 Å². The number of amides is 1. The molecule has 1 heterocycles. The largest absolute Gasteiger partial charge is 0.398 e. The van der Waals surface area contributed by atoms with Crippen LogP contribution in [-0.4, -0.2) is 25.0 Å². The predicted octanol–water partition coefficient (Wildman–Crippen LogP) is 2.72. The lowest BCUT2D eigenvalue weighted by Crippen LogP contribution is -2.44. The molecule has 3 rings (SSSR count). The first-order valence-corrected chi connectivity index (χ1v) is 8.55. The Bertz CT molecular complexity index is 535. The number of anilines is 2. The molecule has 0 saturated heterocycles. The van der Waals surface area contributed by atoms with Gasteiger partial charge in [-0.05, 0) is 62.1 Å². The van der Waals surface area contributed by atoms with Crippen LogP contribution in [0.2, 0.25) is 0 Å². The van der Waals surface area contributed by atoms with Gasteiger partial charge in [-0.25, -0.2) is 0 Å². The summed E-state index contributed by atoms with van der Waals surface area (Å²) in [5.74, 6) is 0.958. The summed E-state index contributed by atoms with van der Waals surface area (Å²) in [5.41, 5.74) is 9.26. The third-order valence-electron chi connectivity index (χ3n) is 5.10. The van der Waals surface area contributed by atoms with Gasteiger partial charge in [-0.15, -0.1) is 0 Å². The lowest BCUT2D eigenvalue weighted by Gasteiger charge is -2.33. The second kappa shape index (κ2) is 6.59. The van der Waals surface area contributed by atoms with E-state index in [0.717, 1.165) is 49.5 Å². The van der Waals surface area contributed by atoms with E-state index in [1.54, 1.807) is 0 Å². The lowest BCUT2D eigenvalue weighted by molar-refractivity contribution is -0.120. The standard InChI is InChI=1S/C18H27N3O/c1-13-7-9-14(10-8-13)20-18(22)12-21-11-3-4-15-16(19)5-2-6-17(15)21/h2,5-6,13-14H,3-4,7-12,19H2,1H3,(H,20,22). The molecule has 0 bridgehead atoms. The molecule has 0 aromatic heterocycles. The molecule has 1 amide bonds. The molecule has 120 valence electrons. The Hall–Kier alpha value is -1.71. The predicted molar refractivity (Wildman–Crippen MR) is 91.0 cm³/mol. The highest BCUT2D eigenvalue weighted by Gasteiger charge is 2.23. The van der Waals surface area contributed by atoms with Gasteiger partial charge >= 0.3 is 0 Å². The normalized spacial score (nSPS) is 24.7. The molecule has 0 unspecified atom stereocenters. The summed E-state index contributed by atoms with van der Waals surface area (Å²) >= 11 is 0. The minimum Gasteiger partial charge on any atom is -0.398 e. The highest BCUT2D eigenvalue weighted by atomic mass is 16.2. The number of hydrogen-bond donors (Lipinski definition) is 2. The van der Waals surface area contributed by atoms with Gasteiger partial charge in [0, 0.05) is 24.0 Å². The van der Waals surface area contributed by atoms with Gasteiger partial charge in [0.1, 0.15) is 0 Å². The topological polar surface area (TPSA) is 58.4 Å². The molecule has 4 heteroatoms. The molecule has 1 aliphatic heterocycles. The number of carbonyl (C=O) groups excluding carboxylic acids is 1. The Balaban J connectivity index is 1.60. The van der Waals surface area contributed by atoms with Gasteiger partial charge in [-0.3, -0.25) is 4.79 Å². The minimum absolute atomic E-state index is 0.148. The molecule has 1 aromatic carbocycles. The molecule has 0 spiro atoms. The van der Waals surface area contributed by atoms with Gasteiger partial charge in [0.2, 0.25) is 5.91 Å². The van der Waals surface area contributed by atoms with E-state index in [2.05, 4.69) is 23.2 Å². The third kappa shape index (κ3) is 3.37. The van der Waals surface area contributed by atoms with Crippen LogP contribution in [0, 0.1) is 5.92 Å². The summed E-state index contributed by atoms with van der Waals surface area (Å²) in [5, 5.41) is 3.22. The molecule has 1 aromatic rings. The van der Waals surface area contributed by atoms with Crippen molar-refractivity contribution in [2.75, 3.05) is 23.7 Å². The second-order valence-electron chi connectivity index (χ2n) is 6.89. The number of fused-ring (bicyclic) bond motifs is 1. The van der Waals surface area contributed by atoms with E-state index in [1.807, 2.05) is 12.1 Å². The third-order valence-corrected chi connectivity index (χ3v) is 5.10. The highest BCUT2D eigenvalue weighted by Crippen LogP contribution is 2.31. The van der Waals surface area contributed by atoms with Crippen LogP contribution in [0.1, 0.15) is 44.6 Å². The maximum Gasteiger partial charge on any atom is 0.239 e. The number of carbonyl (C=O) groups is 1. The SMILES string of the molecule is CC1CCC(NC(=O)CN2CCCc3c(N)cccc32)CC1. The zero-order valence-electron chi connectivity index (χ0n) is 13.5. The number of nitrogens with two attached hydrogens (primary N) is 1. The van der Waals surface area contributed by atoms with E-state index in [0.29, 0.717) is 12.6 Å². The number of benzene rings is 1. The Morgan fingerprint density at radius 3 is 2.86 bits per heavy atom.